The second kappa shape index (κ2) is 15.4. The topological polar surface area (TPSA) is 20.3 Å². The van der Waals surface area contributed by atoms with Crippen molar-refractivity contribution < 1.29 is 26.2 Å². The molecule has 0 saturated heterocycles. The monoisotopic (exact) mass is 639 g/mol. The van der Waals surface area contributed by atoms with Gasteiger partial charge in [0.1, 0.15) is 0 Å². The van der Waals surface area contributed by atoms with E-state index >= 15 is 0 Å². The molecule has 45 heavy (non-hydrogen) atoms. The van der Waals surface area contributed by atoms with Crippen molar-refractivity contribution in [2.24, 2.45) is 5.92 Å². The van der Waals surface area contributed by atoms with Crippen molar-refractivity contribution in [1.29, 1.82) is 0 Å². The molecule has 4 aromatic carbocycles. The minimum Gasteiger partial charge on any atom is -0.375 e. The molecule has 0 saturated carbocycles. The Kier molecular flexibility index (Phi) is 11.6. The molecule has 4 heteroatoms. The number of hydrogen-bond acceptors (Lipinski definition) is 1. The van der Waals surface area contributed by atoms with Gasteiger partial charge >= 0.3 is 30.6 Å². The van der Waals surface area contributed by atoms with Crippen LogP contribution in [0.15, 0.2) is 140 Å². The van der Waals surface area contributed by atoms with Crippen LogP contribution in [0.4, 0.5) is 0 Å². The van der Waals surface area contributed by atoms with Crippen LogP contribution in [0.1, 0.15) is 54.2 Å². The van der Waals surface area contributed by atoms with Gasteiger partial charge in [-0.15, -0.1) is 0 Å². The molecule has 2 aliphatic carbocycles. The summed E-state index contributed by atoms with van der Waals surface area (Å²) in [6.07, 6.45) is 12.8. The maximum atomic E-state index is 13.2. The molecule has 0 bridgehead atoms. The van der Waals surface area contributed by atoms with E-state index in [2.05, 4.69) is 137 Å². The molecule has 6 rings (SSSR count). The standard InChI is InChI=1S/C25H27NOSi.C16H14.Ti/c1-17-19-10-6-8-12-21(19)23-15-14-18(16-28(27)26(5)25(2,3)4)24(23)22-13-9-7-11-20(17)22;1-3-9-15(10-4-1)13-7-8-14-16-11-5-2-6-12-16;/h6-15,18H,1,16H2,2-5H3;1-14H;/q;;+2. The number of rotatable bonds is 6. The van der Waals surface area contributed by atoms with Crippen molar-refractivity contribution in [3.05, 3.63) is 173 Å². The minimum absolute atomic E-state index is 0. The Morgan fingerprint density at radius 1 is 0.711 bits per heavy atom. The molecule has 1 atom stereocenters. The summed E-state index contributed by atoms with van der Waals surface area (Å²) in [5.74, 6) is 0.159. The average molecular weight is 640 g/mol. The van der Waals surface area contributed by atoms with Crippen LogP contribution in [-0.4, -0.2) is 26.0 Å². The first-order valence-electron chi connectivity index (χ1n) is 15.3. The number of hydrogen-bond donors (Lipinski definition) is 0. The summed E-state index contributed by atoms with van der Waals surface area (Å²) in [7, 11) is 0.0943. The zero-order valence-corrected chi connectivity index (χ0v) is 29.3. The van der Waals surface area contributed by atoms with Crippen LogP contribution in [0.2, 0.25) is 6.04 Å². The molecule has 1 unspecified atom stereocenters. The second-order valence-electron chi connectivity index (χ2n) is 12.2. The van der Waals surface area contributed by atoms with Crippen molar-refractivity contribution in [2.45, 2.75) is 32.4 Å². The Morgan fingerprint density at radius 2 is 1.16 bits per heavy atom. The normalized spacial score (nSPS) is 15.0. The van der Waals surface area contributed by atoms with Gasteiger partial charge in [-0.2, -0.15) is 0 Å². The Morgan fingerprint density at radius 3 is 1.67 bits per heavy atom. The molecule has 0 spiro atoms. The molecule has 2 aliphatic rings. The maximum absolute atomic E-state index is 13.2. The van der Waals surface area contributed by atoms with E-state index in [1.807, 2.05) is 48.0 Å². The van der Waals surface area contributed by atoms with E-state index in [9.17, 15) is 4.46 Å². The van der Waals surface area contributed by atoms with E-state index in [1.54, 1.807) is 0 Å². The Bertz CT molecular complexity index is 1710. The summed E-state index contributed by atoms with van der Waals surface area (Å²) >= 11 is 0. The zero-order chi connectivity index (χ0) is 31.1. The Hall–Kier alpha value is -3.89. The quantitative estimate of drug-likeness (QED) is 0.155. The van der Waals surface area contributed by atoms with Crippen molar-refractivity contribution in [3.8, 4) is 0 Å². The Labute approximate surface area is 285 Å². The maximum Gasteiger partial charge on any atom is 2.00 e. The van der Waals surface area contributed by atoms with Crippen LogP contribution in [0, 0.1) is 5.92 Å². The van der Waals surface area contributed by atoms with Crippen molar-refractivity contribution in [1.82, 2.24) is 4.57 Å². The van der Waals surface area contributed by atoms with E-state index in [0.717, 1.165) is 5.57 Å². The van der Waals surface area contributed by atoms with Crippen molar-refractivity contribution in [3.63, 3.8) is 0 Å². The van der Waals surface area contributed by atoms with Gasteiger partial charge in [0, 0.05) is 24.5 Å². The van der Waals surface area contributed by atoms with Crippen LogP contribution < -0.4 is 0 Å². The van der Waals surface area contributed by atoms with E-state index in [-0.39, 0.29) is 33.2 Å². The van der Waals surface area contributed by atoms with Gasteiger partial charge in [-0.3, -0.25) is 0 Å². The van der Waals surface area contributed by atoms with Gasteiger partial charge in [-0.05, 0) is 70.9 Å². The number of benzene rings is 4. The first-order chi connectivity index (χ1) is 21.2. The third kappa shape index (κ3) is 8.23. The third-order valence-corrected chi connectivity index (χ3v) is 10.5. The first kappa shape index (κ1) is 34.0. The van der Waals surface area contributed by atoms with E-state index in [0.29, 0.717) is 6.04 Å². The van der Waals surface area contributed by atoms with Crippen molar-refractivity contribution >= 4 is 37.7 Å². The predicted molar refractivity (Wildman–Crippen MR) is 190 cm³/mol. The van der Waals surface area contributed by atoms with E-state index < -0.39 is 8.84 Å². The van der Waals surface area contributed by atoms with E-state index in [1.165, 1.54) is 44.5 Å². The first-order valence-corrected chi connectivity index (χ1v) is 16.8. The summed E-state index contributed by atoms with van der Waals surface area (Å²) in [6, 6.07) is 38.2. The second-order valence-corrected chi connectivity index (χ2v) is 14.1. The van der Waals surface area contributed by atoms with E-state index in [4.69, 9.17) is 0 Å². The molecule has 0 heterocycles. The van der Waals surface area contributed by atoms with Gasteiger partial charge in [0.2, 0.25) is 0 Å². The van der Waals surface area contributed by atoms with Gasteiger partial charge in [0.25, 0.3) is 0 Å². The minimum atomic E-state index is -1.89. The molecule has 0 radical (unpaired) electrons. The SMILES string of the molecule is C(C=Cc1ccccc1)=Cc1ccccc1.C=C1c2ccccc2C2=C(c3ccccc31)C(C[Si](=O)N(C)C(C)(C)C)C=C2.[Ti+2]. The van der Waals surface area contributed by atoms with Crippen LogP contribution in [-0.2, 0) is 26.2 Å². The molecule has 0 aromatic heterocycles. The van der Waals surface area contributed by atoms with Gasteiger partial charge in [-0.1, -0.05) is 152 Å². The van der Waals surface area contributed by atoms with Gasteiger partial charge in [-0.25, -0.2) is 0 Å². The summed E-state index contributed by atoms with van der Waals surface area (Å²) in [4.78, 5) is 0. The molecule has 2 nitrogen and oxygen atoms in total. The van der Waals surface area contributed by atoms with Gasteiger partial charge in [0.15, 0.2) is 0 Å². The van der Waals surface area contributed by atoms with Gasteiger partial charge in [0.05, 0.1) is 0 Å². The molecule has 0 aliphatic heterocycles. The fraction of sp³-hybridized carbons (Fsp3) is 0.171. The number of nitrogens with zero attached hydrogens (tertiary/aromatic N) is 1. The molecule has 0 N–H and O–H groups in total. The van der Waals surface area contributed by atoms with Gasteiger partial charge < -0.3 is 9.03 Å². The molecule has 0 amide bonds. The third-order valence-electron chi connectivity index (χ3n) is 8.30. The zero-order valence-electron chi connectivity index (χ0n) is 26.7. The van der Waals surface area contributed by atoms with Crippen LogP contribution >= 0.6 is 0 Å². The summed E-state index contributed by atoms with van der Waals surface area (Å²) < 4.78 is 15.2. The summed E-state index contributed by atoms with van der Waals surface area (Å²) in [5, 5.41) is 0. The van der Waals surface area contributed by atoms with Crippen LogP contribution in [0.25, 0.3) is 28.9 Å². The largest absolute Gasteiger partial charge is 2.00 e. The number of allylic oxidation sites excluding steroid dienone is 6. The molecular weight excluding hydrogens is 598 g/mol. The molecule has 0 fully saturated rings. The summed E-state index contributed by atoms with van der Waals surface area (Å²) in [5.41, 5.74) is 10.8. The Balaban J connectivity index is 0.000000231. The fourth-order valence-corrected chi connectivity index (χ4v) is 7.35. The molecular formula is C41H41NOSiTi+2. The van der Waals surface area contributed by atoms with Crippen LogP contribution in [0.5, 0.6) is 0 Å². The predicted octanol–water partition coefficient (Wildman–Crippen LogP) is 10.2. The van der Waals surface area contributed by atoms with Crippen molar-refractivity contribution in [2.75, 3.05) is 7.05 Å². The molecule has 4 aromatic rings. The smallest absolute Gasteiger partial charge is 0.375 e. The summed E-state index contributed by atoms with van der Waals surface area (Å²) in [6.45, 7) is 10.8. The molecule has 222 valence electrons. The fourth-order valence-electron chi connectivity index (χ4n) is 5.62. The van der Waals surface area contributed by atoms with Crippen LogP contribution in [0.3, 0.4) is 0 Å². The number of fused-ring (bicyclic) bond motifs is 4. The average Bonchev–Trinajstić information content (AvgIpc) is 3.42.